The minimum Gasteiger partial charge on any atom is -0.394 e. The van der Waals surface area contributed by atoms with Crippen LogP contribution >= 0.6 is 0 Å². The highest BCUT2D eigenvalue weighted by atomic mass is 16.6. The second-order valence-corrected chi connectivity index (χ2v) is 4.36. The van der Waals surface area contributed by atoms with Gasteiger partial charge in [-0.05, 0) is 6.92 Å². The third-order valence-corrected chi connectivity index (χ3v) is 3.25. The Bertz CT molecular complexity index is 565. The predicted molar refractivity (Wildman–Crippen MR) is 63.7 cm³/mol. The molecule has 8 heteroatoms. The number of nitrogens with zero attached hydrogens (tertiary/aromatic N) is 1. The van der Waals surface area contributed by atoms with Crippen molar-refractivity contribution in [3.63, 3.8) is 0 Å². The summed E-state index contributed by atoms with van der Waals surface area (Å²) in [5.74, 6) is 0. The summed E-state index contributed by atoms with van der Waals surface area (Å²) in [6.45, 7) is 1.34. The molecule has 2 rings (SSSR count). The monoisotopic (exact) mass is 272 g/mol. The maximum atomic E-state index is 12.1. The Morgan fingerprint density at radius 2 is 2.05 bits per heavy atom. The molecule has 19 heavy (non-hydrogen) atoms. The third-order valence-electron chi connectivity index (χ3n) is 3.25. The molecule has 0 aliphatic carbocycles. The molecule has 1 aromatic heterocycles. The zero-order chi connectivity index (χ0) is 14.2. The van der Waals surface area contributed by atoms with Crippen LogP contribution in [-0.4, -0.2) is 49.8 Å². The maximum absolute atomic E-state index is 12.1. The van der Waals surface area contributed by atoms with Gasteiger partial charge < -0.3 is 25.0 Å². The molecule has 4 N–H and O–H groups in total. The lowest BCUT2D eigenvalue weighted by molar-refractivity contribution is -0.0233. The number of H-pyrrole nitrogens is 1. The lowest BCUT2D eigenvalue weighted by atomic mass is 10.0. The SMILES string of the molecule is CCn1c(=O)[nH]cc(C2O[C@H](CO)[C@@H](O)[C@H]2O)c1=O. The lowest BCUT2D eigenvalue weighted by Crippen LogP contribution is -2.39. The van der Waals surface area contributed by atoms with E-state index < -0.39 is 42.3 Å². The van der Waals surface area contributed by atoms with Crippen molar-refractivity contribution in [2.24, 2.45) is 0 Å². The van der Waals surface area contributed by atoms with Gasteiger partial charge >= 0.3 is 5.69 Å². The van der Waals surface area contributed by atoms with Crippen LogP contribution in [0.1, 0.15) is 18.6 Å². The lowest BCUT2D eigenvalue weighted by Gasteiger charge is -2.14. The van der Waals surface area contributed by atoms with Crippen LogP contribution in [0.2, 0.25) is 0 Å². The van der Waals surface area contributed by atoms with Crippen molar-refractivity contribution in [3.05, 3.63) is 32.6 Å². The van der Waals surface area contributed by atoms with Crippen LogP contribution in [-0.2, 0) is 11.3 Å². The fraction of sp³-hybridized carbons (Fsp3) is 0.636. The molecule has 0 bridgehead atoms. The van der Waals surface area contributed by atoms with Crippen LogP contribution in [0.3, 0.4) is 0 Å². The Morgan fingerprint density at radius 3 is 2.58 bits per heavy atom. The van der Waals surface area contributed by atoms with Gasteiger partial charge in [-0.1, -0.05) is 0 Å². The van der Waals surface area contributed by atoms with Crippen LogP contribution in [0.4, 0.5) is 0 Å². The highest BCUT2D eigenvalue weighted by Crippen LogP contribution is 2.31. The first-order valence-corrected chi connectivity index (χ1v) is 5.96. The van der Waals surface area contributed by atoms with E-state index in [-0.39, 0.29) is 12.1 Å². The van der Waals surface area contributed by atoms with Gasteiger partial charge in [0.2, 0.25) is 0 Å². The van der Waals surface area contributed by atoms with Gasteiger partial charge in [0.05, 0.1) is 12.2 Å². The van der Waals surface area contributed by atoms with Crippen molar-refractivity contribution >= 4 is 0 Å². The van der Waals surface area contributed by atoms with E-state index in [0.717, 1.165) is 10.8 Å². The summed E-state index contributed by atoms with van der Waals surface area (Å²) in [7, 11) is 0. The molecule has 8 nitrogen and oxygen atoms in total. The first-order valence-electron chi connectivity index (χ1n) is 5.96. The molecule has 1 aliphatic rings. The van der Waals surface area contributed by atoms with Gasteiger partial charge in [-0.25, -0.2) is 4.79 Å². The van der Waals surface area contributed by atoms with Gasteiger partial charge in [0.25, 0.3) is 5.56 Å². The second kappa shape index (κ2) is 5.25. The fourth-order valence-electron chi connectivity index (χ4n) is 2.17. The number of aromatic nitrogens is 2. The molecular formula is C11H16N2O6. The van der Waals surface area contributed by atoms with Crippen LogP contribution in [0.5, 0.6) is 0 Å². The maximum Gasteiger partial charge on any atom is 0.328 e. The average Bonchev–Trinajstić information content (AvgIpc) is 2.67. The van der Waals surface area contributed by atoms with Crippen LogP contribution in [0.25, 0.3) is 0 Å². The summed E-state index contributed by atoms with van der Waals surface area (Å²) >= 11 is 0. The first kappa shape index (κ1) is 13.9. The van der Waals surface area contributed by atoms with Crippen molar-refractivity contribution in [1.29, 1.82) is 0 Å². The summed E-state index contributed by atoms with van der Waals surface area (Å²) in [5.41, 5.74) is -1.09. The summed E-state index contributed by atoms with van der Waals surface area (Å²) in [5, 5.41) is 28.5. The molecule has 4 atom stereocenters. The highest BCUT2D eigenvalue weighted by Gasteiger charge is 2.44. The molecule has 1 aliphatic heterocycles. The van der Waals surface area contributed by atoms with Crippen molar-refractivity contribution in [3.8, 4) is 0 Å². The molecule has 0 spiro atoms. The predicted octanol–water partition coefficient (Wildman–Crippen LogP) is -2.29. The zero-order valence-electron chi connectivity index (χ0n) is 10.3. The van der Waals surface area contributed by atoms with Crippen LogP contribution < -0.4 is 11.2 Å². The molecule has 0 amide bonds. The van der Waals surface area contributed by atoms with Crippen molar-refractivity contribution in [1.82, 2.24) is 9.55 Å². The Balaban J connectivity index is 2.44. The zero-order valence-corrected chi connectivity index (χ0v) is 10.3. The van der Waals surface area contributed by atoms with Gasteiger partial charge in [-0.2, -0.15) is 0 Å². The first-order chi connectivity index (χ1) is 9.01. The number of hydrogen-bond acceptors (Lipinski definition) is 6. The van der Waals surface area contributed by atoms with Gasteiger partial charge in [-0.3, -0.25) is 9.36 Å². The van der Waals surface area contributed by atoms with E-state index in [1.54, 1.807) is 6.92 Å². The van der Waals surface area contributed by atoms with Gasteiger partial charge in [0.15, 0.2) is 0 Å². The molecule has 1 unspecified atom stereocenters. The molecule has 0 aromatic carbocycles. The van der Waals surface area contributed by atoms with Gasteiger partial charge in [0, 0.05) is 12.7 Å². The van der Waals surface area contributed by atoms with Crippen molar-refractivity contribution < 1.29 is 20.1 Å². The molecule has 2 heterocycles. The molecule has 1 saturated heterocycles. The van der Waals surface area contributed by atoms with E-state index in [2.05, 4.69) is 4.98 Å². The number of hydrogen-bond donors (Lipinski definition) is 4. The number of ether oxygens (including phenoxy) is 1. The molecular weight excluding hydrogens is 256 g/mol. The van der Waals surface area contributed by atoms with Crippen LogP contribution in [0, 0.1) is 0 Å². The Hall–Kier alpha value is -1.48. The fourth-order valence-corrected chi connectivity index (χ4v) is 2.17. The van der Waals surface area contributed by atoms with E-state index >= 15 is 0 Å². The van der Waals surface area contributed by atoms with E-state index in [0.29, 0.717) is 0 Å². The number of aliphatic hydroxyl groups excluding tert-OH is 3. The third kappa shape index (κ3) is 2.23. The topological polar surface area (TPSA) is 125 Å². The number of rotatable bonds is 3. The Morgan fingerprint density at radius 1 is 1.37 bits per heavy atom. The largest absolute Gasteiger partial charge is 0.394 e. The van der Waals surface area contributed by atoms with Gasteiger partial charge in [-0.15, -0.1) is 0 Å². The molecule has 1 aromatic rings. The number of nitrogens with one attached hydrogen (secondary N) is 1. The summed E-state index contributed by atoms with van der Waals surface area (Å²) in [4.78, 5) is 25.9. The molecule has 0 radical (unpaired) electrons. The second-order valence-electron chi connectivity index (χ2n) is 4.36. The molecule has 0 saturated carbocycles. The van der Waals surface area contributed by atoms with Crippen molar-refractivity contribution in [2.45, 2.75) is 37.9 Å². The summed E-state index contributed by atoms with van der Waals surface area (Å²) in [6.07, 6.45) is -3.48. The van der Waals surface area contributed by atoms with Crippen LogP contribution in [0.15, 0.2) is 15.8 Å². The Kier molecular flexibility index (Phi) is 3.85. The standard InChI is InChI=1S/C11H16N2O6/c1-2-13-10(17)5(3-12-11(13)18)9-8(16)7(15)6(4-14)19-9/h3,6-9,14-16H,2,4H2,1H3,(H,12,18)/t6-,7-,8-,9?/m1/s1. The quantitative estimate of drug-likeness (QED) is 0.491. The normalized spacial score (nSPS) is 30.7. The van der Waals surface area contributed by atoms with Crippen molar-refractivity contribution in [2.75, 3.05) is 6.61 Å². The van der Waals surface area contributed by atoms with Gasteiger partial charge in [0.1, 0.15) is 24.4 Å². The minimum absolute atomic E-state index is 0.0453. The number of aliphatic hydroxyl groups is 3. The molecule has 1 fully saturated rings. The summed E-state index contributed by atoms with van der Waals surface area (Å²) < 4.78 is 6.22. The highest BCUT2D eigenvalue weighted by molar-refractivity contribution is 5.14. The van der Waals surface area contributed by atoms with E-state index in [9.17, 15) is 19.8 Å². The minimum atomic E-state index is -1.33. The average molecular weight is 272 g/mol. The summed E-state index contributed by atoms with van der Waals surface area (Å²) in [6, 6.07) is 0. The van der Waals surface area contributed by atoms with E-state index in [1.165, 1.54) is 0 Å². The molecule has 106 valence electrons. The van der Waals surface area contributed by atoms with E-state index in [1.807, 2.05) is 0 Å². The Labute approximate surface area is 107 Å². The van der Waals surface area contributed by atoms with E-state index in [4.69, 9.17) is 9.84 Å². The smallest absolute Gasteiger partial charge is 0.328 e. The number of aromatic amines is 1.